The molecule has 2 spiro atoms. The highest BCUT2D eigenvalue weighted by atomic mass is 19.4. The Morgan fingerprint density at radius 3 is 1.33 bits per heavy atom. The van der Waals surface area contributed by atoms with Crippen molar-refractivity contribution in [1.29, 1.82) is 0 Å². The van der Waals surface area contributed by atoms with Crippen molar-refractivity contribution in [1.82, 2.24) is 24.9 Å². The van der Waals surface area contributed by atoms with E-state index in [1.165, 1.54) is 24.3 Å². The van der Waals surface area contributed by atoms with Crippen LogP contribution >= 0.6 is 0 Å². The van der Waals surface area contributed by atoms with Gasteiger partial charge >= 0.3 is 30.3 Å². The second-order valence-corrected chi connectivity index (χ2v) is 23.9. The van der Waals surface area contributed by atoms with Crippen LogP contribution in [0.4, 0.5) is 26.3 Å². The summed E-state index contributed by atoms with van der Waals surface area (Å²) in [5, 5.41) is 22.5. The zero-order valence-electron chi connectivity index (χ0n) is 48.8. The number of carboxylic acids is 1. The highest BCUT2D eigenvalue weighted by molar-refractivity contribution is 6.06. The molecule has 19 heteroatoms. The normalized spacial score (nSPS) is 21.8. The topological polar surface area (TPSA) is 181 Å². The Hall–Kier alpha value is -8.32. The molecule has 0 radical (unpaired) electrons. The van der Waals surface area contributed by atoms with Crippen LogP contribution in [0.25, 0.3) is 21.8 Å². The SMILES string of the molecule is CCn1nc(C(=O)NC2CC3(C2)CC(C(=O)O[C@@H](C)c2ccccc2)C3)c2c(Cc3ccc(C(F)(F)F)cc3)cccc21.CCn1nc(C(=O)O)c2c(Cc3ccc(C(F)(F)F)cc3)cccc21.C[C@H](OC(=O)C1CC2(CC(N)C2)C1)c1ccccc1. The number of aromatic carboxylic acids is 1. The smallest absolute Gasteiger partial charge is 0.416 e. The number of nitrogens with zero attached hydrogens (tertiary/aromatic N) is 4. The Balaban J connectivity index is 0.000000160. The van der Waals surface area contributed by atoms with Gasteiger partial charge in [-0.3, -0.25) is 23.7 Å². The predicted molar refractivity (Wildman–Crippen MR) is 316 cm³/mol. The molecule has 87 heavy (non-hydrogen) atoms. The minimum absolute atomic E-state index is 0.00313. The summed E-state index contributed by atoms with van der Waals surface area (Å²) < 4.78 is 91.7. The molecule has 2 aromatic heterocycles. The van der Waals surface area contributed by atoms with Crippen molar-refractivity contribution >= 4 is 45.6 Å². The molecule has 8 aromatic rings. The van der Waals surface area contributed by atoms with Gasteiger partial charge in [-0.05, 0) is 173 Å². The van der Waals surface area contributed by atoms with Gasteiger partial charge in [0.25, 0.3) is 5.91 Å². The van der Waals surface area contributed by atoms with Crippen LogP contribution in [0, 0.1) is 22.7 Å². The molecule has 6 aromatic carbocycles. The van der Waals surface area contributed by atoms with Crippen LogP contribution in [0.1, 0.15) is 157 Å². The molecule has 4 fully saturated rings. The lowest BCUT2D eigenvalue weighted by atomic mass is 9.50. The van der Waals surface area contributed by atoms with Crippen molar-refractivity contribution < 1.29 is 60.1 Å². The number of rotatable bonds is 15. The number of esters is 2. The summed E-state index contributed by atoms with van der Waals surface area (Å²) in [6.45, 7) is 8.72. The second kappa shape index (κ2) is 25.2. The Morgan fingerprint density at radius 1 is 0.563 bits per heavy atom. The maximum atomic E-state index is 13.5. The number of alkyl halides is 6. The fourth-order valence-electron chi connectivity index (χ4n) is 13.2. The van der Waals surface area contributed by atoms with Gasteiger partial charge in [0.15, 0.2) is 11.4 Å². The first-order valence-electron chi connectivity index (χ1n) is 29.5. The highest BCUT2D eigenvalue weighted by Gasteiger charge is 2.56. The van der Waals surface area contributed by atoms with Crippen LogP contribution in [0.5, 0.6) is 0 Å². The summed E-state index contributed by atoms with van der Waals surface area (Å²) >= 11 is 0. The average molecular weight is 1200 g/mol. The maximum Gasteiger partial charge on any atom is 0.416 e. The Labute approximate surface area is 500 Å². The molecule has 0 bridgehead atoms. The number of amides is 1. The molecule has 12 rings (SSSR count). The van der Waals surface area contributed by atoms with Crippen LogP contribution < -0.4 is 11.1 Å². The van der Waals surface area contributed by atoms with Crippen molar-refractivity contribution in [2.45, 2.75) is 142 Å². The number of benzene rings is 6. The molecule has 2 heterocycles. The van der Waals surface area contributed by atoms with Gasteiger partial charge in [-0.1, -0.05) is 109 Å². The van der Waals surface area contributed by atoms with Crippen LogP contribution in [0.2, 0.25) is 0 Å². The molecular weight excluding hydrogens is 1130 g/mol. The number of halogens is 6. The van der Waals surface area contributed by atoms with Crippen LogP contribution in [0.15, 0.2) is 146 Å². The van der Waals surface area contributed by atoms with E-state index in [1.807, 2.05) is 107 Å². The van der Waals surface area contributed by atoms with E-state index < -0.39 is 29.4 Å². The van der Waals surface area contributed by atoms with E-state index in [0.29, 0.717) is 70.7 Å². The van der Waals surface area contributed by atoms with Crippen LogP contribution in [0.3, 0.4) is 0 Å². The molecule has 4 N–H and O–H groups in total. The number of fused-ring (bicyclic) bond motifs is 2. The molecule has 0 saturated heterocycles. The zero-order chi connectivity index (χ0) is 62.0. The molecule has 0 unspecified atom stereocenters. The highest BCUT2D eigenvalue weighted by Crippen LogP contribution is 2.60. The number of hydrogen-bond donors (Lipinski definition) is 3. The van der Waals surface area contributed by atoms with Gasteiger partial charge in [0.1, 0.15) is 12.2 Å². The molecule has 4 aliphatic rings. The molecule has 4 aliphatic carbocycles. The molecular formula is C68H70F6N6O7. The van der Waals surface area contributed by atoms with Gasteiger partial charge < -0.3 is 25.6 Å². The van der Waals surface area contributed by atoms with E-state index in [0.717, 1.165) is 103 Å². The van der Waals surface area contributed by atoms with Gasteiger partial charge in [0.2, 0.25) is 0 Å². The van der Waals surface area contributed by atoms with Crippen molar-refractivity contribution in [3.05, 3.63) is 201 Å². The van der Waals surface area contributed by atoms with Gasteiger partial charge in [0.05, 0.1) is 34.0 Å². The van der Waals surface area contributed by atoms with Gasteiger partial charge in [-0.2, -0.15) is 36.5 Å². The molecule has 0 aliphatic heterocycles. The number of carbonyl (C=O) groups excluding carboxylic acids is 3. The fraction of sp³-hybridized carbons (Fsp3) is 0.382. The first-order valence-corrected chi connectivity index (χ1v) is 29.5. The Kier molecular flexibility index (Phi) is 17.9. The summed E-state index contributed by atoms with van der Waals surface area (Å²) in [4.78, 5) is 49.8. The van der Waals surface area contributed by atoms with Gasteiger partial charge in [0, 0.05) is 35.9 Å². The number of nitrogens with two attached hydrogens (primary N) is 1. The average Bonchev–Trinajstić information content (AvgIpc) is 1.67. The zero-order valence-corrected chi connectivity index (χ0v) is 48.8. The monoisotopic (exact) mass is 1200 g/mol. The lowest BCUT2D eigenvalue weighted by Crippen LogP contribution is -2.57. The summed E-state index contributed by atoms with van der Waals surface area (Å²) in [6, 6.07) is 40.9. The minimum atomic E-state index is -4.39. The number of nitrogens with one attached hydrogen (secondary N) is 1. The van der Waals surface area contributed by atoms with E-state index >= 15 is 0 Å². The standard InChI is InChI=1S/C34H34F3N3O3.C18H15F3N2O2.C16H21NO2/c1-3-40-28-11-7-10-24(16-22-12-14-26(15-13-22)34(35,36)37)29(28)30(39-40)31(41)38-27-19-33(20-27)17-25(18-33)32(42)43-21(2)23-8-5-4-6-9-23;1-2-23-14-5-3-4-12(15(14)16(22-23)17(24)25)10-11-6-8-13(9-7-11)18(19,20)21;1-11(12-5-3-2-4-6-12)19-15(18)13-7-16(8-13)9-14(17)10-16/h4-15,21,25,27H,3,16-20H2,1-2H3,(H,38,41);3-9H,2,10H2,1H3,(H,24,25);2-6,11,13-14H,7-10,17H2,1H3/t21-,25?,27?,33?;;11-,13?,14?,16?/m0.0/s1. The van der Waals surface area contributed by atoms with Crippen molar-refractivity contribution in [2.75, 3.05) is 0 Å². The maximum absolute atomic E-state index is 13.5. The number of hydrogen-bond acceptors (Lipinski definition) is 9. The first-order chi connectivity index (χ1) is 41.4. The van der Waals surface area contributed by atoms with Crippen molar-refractivity contribution in [2.24, 2.45) is 28.4 Å². The van der Waals surface area contributed by atoms with Crippen LogP contribution in [-0.2, 0) is 57.3 Å². The third kappa shape index (κ3) is 13.8. The van der Waals surface area contributed by atoms with E-state index in [1.54, 1.807) is 27.6 Å². The third-order valence-electron chi connectivity index (χ3n) is 17.7. The van der Waals surface area contributed by atoms with E-state index in [2.05, 4.69) is 15.5 Å². The number of aryl methyl sites for hydroxylation is 2. The number of carboxylic acid groups (broad SMARTS) is 1. The van der Waals surface area contributed by atoms with Crippen molar-refractivity contribution in [3.63, 3.8) is 0 Å². The van der Waals surface area contributed by atoms with Crippen molar-refractivity contribution in [3.8, 4) is 0 Å². The minimum Gasteiger partial charge on any atom is -0.476 e. The predicted octanol–water partition coefficient (Wildman–Crippen LogP) is 14.4. The van der Waals surface area contributed by atoms with E-state index in [-0.39, 0.29) is 59.0 Å². The molecule has 456 valence electrons. The van der Waals surface area contributed by atoms with Gasteiger partial charge in [-0.25, -0.2) is 4.79 Å². The molecule has 2 atom stereocenters. The van der Waals surface area contributed by atoms with Gasteiger partial charge in [-0.15, -0.1) is 0 Å². The second-order valence-electron chi connectivity index (χ2n) is 23.9. The summed E-state index contributed by atoms with van der Waals surface area (Å²) in [5.41, 5.74) is 11.6. The summed E-state index contributed by atoms with van der Waals surface area (Å²) in [5.74, 6) is -1.60. The quantitative estimate of drug-likeness (QED) is 0.0660. The number of carbonyl (C=O) groups is 4. The van der Waals surface area contributed by atoms with Crippen LogP contribution in [-0.4, -0.2) is 60.6 Å². The lowest BCUT2D eigenvalue weighted by Gasteiger charge is -2.57. The number of ether oxygens (including phenoxy) is 2. The lowest BCUT2D eigenvalue weighted by molar-refractivity contribution is -0.168. The summed E-state index contributed by atoms with van der Waals surface area (Å²) in [7, 11) is 0. The molecule has 4 saturated carbocycles. The largest absolute Gasteiger partial charge is 0.476 e. The molecule has 1 amide bonds. The molecule has 13 nitrogen and oxygen atoms in total. The first kappa shape index (κ1) is 61.8. The number of aromatic nitrogens is 4. The van der Waals surface area contributed by atoms with E-state index in [4.69, 9.17) is 15.2 Å². The summed E-state index contributed by atoms with van der Waals surface area (Å²) in [6.07, 6.45) is -1.25. The fourth-order valence-corrected chi connectivity index (χ4v) is 13.2. The third-order valence-corrected chi connectivity index (χ3v) is 17.7. The van der Waals surface area contributed by atoms with E-state index in [9.17, 15) is 50.6 Å². The Bertz CT molecular complexity index is 3740. The Morgan fingerprint density at radius 2 is 0.954 bits per heavy atom.